The Morgan fingerprint density at radius 3 is 1.58 bits per heavy atom. The smallest absolute Gasteiger partial charge is 0.0809 e. The zero-order chi connectivity index (χ0) is 34.2. The van der Waals surface area contributed by atoms with Crippen LogP contribution in [0.5, 0.6) is 0 Å². The highest BCUT2D eigenvalue weighted by atomic mass is 15.0. The average molecular weight is 662 g/mol. The van der Waals surface area contributed by atoms with Crippen molar-refractivity contribution in [2.75, 3.05) is 0 Å². The van der Waals surface area contributed by atoms with Crippen LogP contribution < -0.4 is 0 Å². The van der Waals surface area contributed by atoms with Gasteiger partial charge in [-0.1, -0.05) is 133 Å². The molecule has 0 spiro atoms. The third-order valence-corrected chi connectivity index (χ3v) is 10.7. The van der Waals surface area contributed by atoms with Crippen molar-refractivity contribution in [2.24, 2.45) is 0 Å². The van der Waals surface area contributed by atoms with E-state index in [2.05, 4.69) is 197 Å². The highest BCUT2D eigenvalue weighted by Gasteiger charge is 2.20. The third kappa shape index (κ3) is 4.23. The Kier molecular flexibility index (Phi) is 6.25. The van der Waals surface area contributed by atoms with Gasteiger partial charge in [-0.15, -0.1) is 0 Å². The van der Waals surface area contributed by atoms with Crippen LogP contribution in [-0.2, 0) is 0 Å². The van der Waals surface area contributed by atoms with E-state index in [4.69, 9.17) is 4.98 Å². The van der Waals surface area contributed by atoms with E-state index in [1.54, 1.807) is 0 Å². The summed E-state index contributed by atoms with van der Waals surface area (Å²) in [5.41, 5.74) is 12.4. The molecule has 3 aromatic heterocycles. The Hall–Kier alpha value is -6.97. The van der Waals surface area contributed by atoms with Gasteiger partial charge >= 0.3 is 0 Å². The Morgan fingerprint density at radius 2 is 0.846 bits per heavy atom. The number of pyridine rings is 1. The summed E-state index contributed by atoms with van der Waals surface area (Å²) in [6.07, 6.45) is 0. The van der Waals surface area contributed by atoms with E-state index in [0.29, 0.717) is 0 Å². The molecule has 0 amide bonds. The summed E-state index contributed by atoms with van der Waals surface area (Å²) in [7, 11) is 0. The maximum atomic E-state index is 5.47. The molecule has 11 rings (SSSR count). The van der Waals surface area contributed by atoms with Crippen LogP contribution >= 0.6 is 0 Å². The van der Waals surface area contributed by atoms with E-state index in [1.165, 1.54) is 49.0 Å². The fourth-order valence-electron chi connectivity index (χ4n) is 8.42. The lowest BCUT2D eigenvalue weighted by Gasteiger charge is -2.15. The summed E-state index contributed by atoms with van der Waals surface area (Å²) in [6.45, 7) is 0. The van der Waals surface area contributed by atoms with E-state index in [0.717, 1.165) is 50.0 Å². The predicted molar refractivity (Wildman–Crippen MR) is 219 cm³/mol. The molecule has 0 aliphatic rings. The Balaban J connectivity index is 1.17. The zero-order valence-electron chi connectivity index (χ0n) is 28.2. The van der Waals surface area contributed by atoms with Crippen LogP contribution in [0.1, 0.15) is 0 Å². The first-order valence-corrected chi connectivity index (χ1v) is 17.8. The van der Waals surface area contributed by atoms with Crippen LogP contribution in [0.4, 0.5) is 0 Å². The van der Waals surface area contributed by atoms with Gasteiger partial charge in [0, 0.05) is 49.3 Å². The molecular formula is C49H31N3. The molecule has 3 nitrogen and oxygen atoms in total. The van der Waals surface area contributed by atoms with E-state index < -0.39 is 0 Å². The maximum Gasteiger partial charge on any atom is 0.0809 e. The summed E-state index contributed by atoms with van der Waals surface area (Å²) >= 11 is 0. The first kappa shape index (κ1) is 28.8. The van der Waals surface area contributed by atoms with Gasteiger partial charge in [-0.3, -0.25) is 0 Å². The second kappa shape index (κ2) is 11.3. The van der Waals surface area contributed by atoms with Gasteiger partial charge in [-0.25, -0.2) is 4.98 Å². The van der Waals surface area contributed by atoms with Crippen LogP contribution in [0, 0.1) is 0 Å². The Labute approximate surface area is 300 Å². The van der Waals surface area contributed by atoms with Crippen molar-refractivity contribution in [3.05, 3.63) is 188 Å². The second-order valence-electron chi connectivity index (χ2n) is 13.6. The van der Waals surface area contributed by atoms with Crippen LogP contribution in [0.3, 0.4) is 0 Å². The number of hydrogen-bond acceptors (Lipinski definition) is 1. The zero-order valence-corrected chi connectivity index (χ0v) is 28.2. The lowest BCUT2D eigenvalue weighted by molar-refractivity contribution is 1.18. The number of hydrogen-bond donors (Lipinski definition) is 0. The van der Waals surface area contributed by atoms with Gasteiger partial charge in [-0.2, -0.15) is 0 Å². The van der Waals surface area contributed by atoms with E-state index in [9.17, 15) is 0 Å². The number of para-hydroxylation sites is 5. The van der Waals surface area contributed by atoms with Crippen molar-refractivity contribution in [1.82, 2.24) is 14.1 Å². The highest BCUT2D eigenvalue weighted by molar-refractivity contribution is 6.26. The normalized spacial score (nSPS) is 11.8. The molecule has 3 heterocycles. The second-order valence-corrected chi connectivity index (χ2v) is 13.6. The number of rotatable bonds is 4. The lowest BCUT2D eigenvalue weighted by atomic mass is 9.95. The summed E-state index contributed by atoms with van der Waals surface area (Å²) in [6, 6.07) is 67.8. The molecule has 0 bridgehead atoms. The topological polar surface area (TPSA) is 22.8 Å². The van der Waals surface area contributed by atoms with Crippen LogP contribution in [0.15, 0.2) is 188 Å². The van der Waals surface area contributed by atoms with Gasteiger partial charge in [0.25, 0.3) is 0 Å². The van der Waals surface area contributed by atoms with Crippen LogP contribution in [0.2, 0.25) is 0 Å². The summed E-state index contributed by atoms with van der Waals surface area (Å²) < 4.78 is 4.81. The van der Waals surface area contributed by atoms with Crippen LogP contribution in [-0.4, -0.2) is 14.1 Å². The molecular weight excluding hydrogens is 631 g/mol. The molecule has 8 aromatic carbocycles. The Morgan fingerprint density at radius 1 is 0.327 bits per heavy atom. The van der Waals surface area contributed by atoms with E-state index in [1.807, 2.05) is 0 Å². The molecule has 0 saturated heterocycles. The van der Waals surface area contributed by atoms with Gasteiger partial charge in [0.15, 0.2) is 0 Å². The largest absolute Gasteiger partial charge is 0.309 e. The fourth-order valence-corrected chi connectivity index (χ4v) is 8.42. The molecule has 0 atom stereocenters. The van der Waals surface area contributed by atoms with Crippen molar-refractivity contribution in [2.45, 2.75) is 0 Å². The minimum absolute atomic E-state index is 0.986. The third-order valence-electron chi connectivity index (χ3n) is 10.7. The van der Waals surface area contributed by atoms with Crippen molar-refractivity contribution in [3.8, 4) is 33.8 Å². The molecule has 0 N–H and O–H groups in total. The maximum absolute atomic E-state index is 5.47. The van der Waals surface area contributed by atoms with Crippen molar-refractivity contribution < 1.29 is 0 Å². The standard InChI is InChI=1S/C49H31N3/c1-2-17-35(18-3-1)52-46-27-11-7-23-40(46)42-29-28-41-37-20-4-8-24-43(37)50-48(47(41)49(42)52)34-16-12-14-32(30-34)33-15-13-19-36(31-33)51-44-25-9-5-21-38(44)39-22-6-10-26-45(39)51/h1-31H. The minimum atomic E-state index is 0.986. The first-order chi connectivity index (χ1) is 25.8. The van der Waals surface area contributed by atoms with Crippen molar-refractivity contribution >= 4 is 65.3 Å². The van der Waals surface area contributed by atoms with E-state index >= 15 is 0 Å². The number of nitrogens with zero attached hydrogens (tertiary/aromatic N) is 3. The van der Waals surface area contributed by atoms with Gasteiger partial charge in [0.2, 0.25) is 0 Å². The van der Waals surface area contributed by atoms with Gasteiger partial charge in [-0.05, 0) is 71.1 Å². The van der Waals surface area contributed by atoms with Crippen molar-refractivity contribution in [3.63, 3.8) is 0 Å². The van der Waals surface area contributed by atoms with Crippen molar-refractivity contribution in [1.29, 1.82) is 0 Å². The quantitative estimate of drug-likeness (QED) is 0.172. The van der Waals surface area contributed by atoms with Gasteiger partial charge in [0.1, 0.15) is 0 Å². The summed E-state index contributed by atoms with van der Waals surface area (Å²) in [5, 5.41) is 8.50. The molecule has 242 valence electrons. The SMILES string of the molecule is c1ccc(-n2c3ccccc3c3ccc4c5ccccc5nc(-c5cccc(-c6cccc(-n7c8ccccc8c8ccccc87)c6)c5)c4c32)cc1. The predicted octanol–water partition coefficient (Wildman–Crippen LogP) is 12.9. The molecule has 11 aromatic rings. The molecule has 0 radical (unpaired) electrons. The molecule has 0 fully saturated rings. The van der Waals surface area contributed by atoms with E-state index in [-0.39, 0.29) is 0 Å². The van der Waals surface area contributed by atoms with Gasteiger partial charge < -0.3 is 9.13 Å². The summed E-state index contributed by atoms with van der Waals surface area (Å²) in [4.78, 5) is 5.47. The lowest BCUT2D eigenvalue weighted by Crippen LogP contribution is -1.97. The summed E-state index contributed by atoms with van der Waals surface area (Å²) in [5.74, 6) is 0. The number of fused-ring (bicyclic) bond motifs is 10. The monoisotopic (exact) mass is 661 g/mol. The van der Waals surface area contributed by atoms with Crippen LogP contribution in [0.25, 0.3) is 99.0 Å². The molecule has 3 heteroatoms. The van der Waals surface area contributed by atoms with Gasteiger partial charge in [0.05, 0.1) is 33.3 Å². The molecule has 0 saturated carbocycles. The molecule has 0 aliphatic heterocycles. The first-order valence-electron chi connectivity index (χ1n) is 17.8. The fraction of sp³-hybridized carbons (Fsp3) is 0. The minimum Gasteiger partial charge on any atom is -0.309 e. The number of aromatic nitrogens is 3. The highest BCUT2D eigenvalue weighted by Crippen LogP contribution is 2.43. The Bertz CT molecular complexity index is 3130. The number of benzene rings is 8. The molecule has 0 aliphatic carbocycles. The average Bonchev–Trinajstić information content (AvgIpc) is 3.74. The molecule has 52 heavy (non-hydrogen) atoms. The molecule has 0 unspecified atom stereocenters.